The molecule has 0 fully saturated rings. The third-order valence-electron chi connectivity index (χ3n) is 5.13. The molecule has 2 aromatic carbocycles. The summed E-state index contributed by atoms with van der Waals surface area (Å²) >= 11 is 1.32. The van der Waals surface area contributed by atoms with Crippen LogP contribution in [0, 0.1) is 0 Å². The van der Waals surface area contributed by atoms with E-state index in [9.17, 15) is 9.59 Å². The molecule has 0 bridgehead atoms. The number of para-hydroxylation sites is 2. The zero-order valence-corrected chi connectivity index (χ0v) is 17.3. The van der Waals surface area contributed by atoms with Gasteiger partial charge in [-0.05, 0) is 37.1 Å². The molecule has 29 heavy (non-hydrogen) atoms. The van der Waals surface area contributed by atoms with Crippen molar-refractivity contribution in [3.63, 3.8) is 0 Å². The molecule has 1 aromatic heterocycles. The molecule has 0 unspecified atom stereocenters. The number of nitrogens with zero attached hydrogens (tertiary/aromatic N) is 3. The lowest BCUT2D eigenvalue weighted by Crippen LogP contribution is -2.36. The maximum Gasteiger partial charge on any atom is 0.262 e. The predicted octanol–water partition coefficient (Wildman–Crippen LogP) is 3.11. The van der Waals surface area contributed by atoms with Crippen molar-refractivity contribution in [3.05, 3.63) is 64.4 Å². The Bertz CT molecular complexity index is 1110. The molecule has 0 saturated carbocycles. The number of carbonyl (C=O) groups is 1. The van der Waals surface area contributed by atoms with Crippen molar-refractivity contribution in [2.75, 3.05) is 25.2 Å². The summed E-state index contributed by atoms with van der Waals surface area (Å²) < 4.78 is 6.78. The molecule has 0 aliphatic carbocycles. The van der Waals surface area contributed by atoms with E-state index < -0.39 is 0 Å². The molecule has 0 radical (unpaired) electrons. The van der Waals surface area contributed by atoms with E-state index in [0.29, 0.717) is 35.8 Å². The Kier molecular flexibility index (Phi) is 5.69. The van der Waals surface area contributed by atoms with Crippen molar-refractivity contribution in [3.8, 4) is 0 Å². The van der Waals surface area contributed by atoms with Gasteiger partial charge in [0.1, 0.15) is 0 Å². The summed E-state index contributed by atoms with van der Waals surface area (Å²) in [6.45, 7) is 3.35. The highest BCUT2D eigenvalue weighted by Crippen LogP contribution is 2.31. The highest BCUT2D eigenvalue weighted by Gasteiger charge is 2.29. The second-order valence-electron chi connectivity index (χ2n) is 6.99. The lowest BCUT2D eigenvalue weighted by atomic mass is 10.2. The van der Waals surface area contributed by atoms with Crippen molar-refractivity contribution in [2.24, 2.45) is 0 Å². The first kappa shape index (κ1) is 19.7. The van der Waals surface area contributed by atoms with Crippen LogP contribution in [0.25, 0.3) is 10.9 Å². The van der Waals surface area contributed by atoms with Crippen molar-refractivity contribution in [1.29, 1.82) is 0 Å². The first-order valence-electron chi connectivity index (χ1n) is 9.64. The van der Waals surface area contributed by atoms with Crippen molar-refractivity contribution in [2.45, 2.75) is 30.3 Å². The Balaban J connectivity index is 1.64. The molecule has 1 atom stereocenters. The second kappa shape index (κ2) is 8.39. The zero-order valence-electron chi connectivity index (χ0n) is 16.5. The summed E-state index contributed by atoms with van der Waals surface area (Å²) in [4.78, 5) is 32.7. The fraction of sp³-hybridized carbons (Fsp3) is 0.318. The molecular weight excluding hydrogens is 386 g/mol. The Morgan fingerprint density at radius 2 is 1.97 bits per heavy atom. The van der Waals surface area contributed by atoms with Crippen molar-refractivity contribution in [1.82, 2.24) is 9.55 Å². The van der Waals surface area contributed by atoms with Gasteiger partial charge in [-0.3, -0.25) is 14.2 Å². The number of rotatable bonds is 6. The number of hydrogen-bond donors (Lipinski definition) is 0. The summed E-state index contributed by atoms with van der Waals surface area (Å²) in [7, 11) is 1.60. The largest absolute Gasteiger partial charge is 0.383 e. The number of hydrogen-bond acceptors (Lipinski definition) is 5. The number of amides is 1. The lowest BCUT2D eigenvalue weighted by molar-refractivity contribution is -0.117. The fourth-order valence-corrected chi connectivity index (χ4v) is 4.61. The lowest BCUT2D eigenvalue weighted by Gasteiger charge is -2.22. The average molecular weight is 410 g/mol. The van der Waals surface area contributed by atoms with Gasteiger partial charge in [0, 0.05) is 19.3 Å². The van der Waals surface area contributed by atoms with Crippen molar-refractivity contribution < 1.29 is 9.53 Å². The van der Waals surface area contributed by atoms with E-state index in [1.165, 1.54) is 17.3 Å². The average Bonchev–Trinajstić information content (AvgIpc) is 3.17. The minimum atomic E-state index is -0.372. The maximum absolute atomic E-state index is 13.2. The van der Waals surface area contributed by atoms with Crippen LogP contribution in [-0.4, -0.2) is 41.0 Å². The SMILES string of the molecule is COCCn1c(S[C@@H](C)C(=O)N2CCc3ccccc32)nc2ccccc2c1=O. The quantitative estimate of drug-likeness (QED) is 0.462. The number of aromatic nitrogens is 2. The predicted molar refractivity (Wildman–Crippen MR) is 116 cm³/mol. The van der Waals surface area contributed by atoms with E-state index in [1.54, 1.807) is 17.7 Å². The zero-order chi connectivity index (χ0) is 20.4. The van der Waals surface area contributed by atoms with Crippen LogP contribution < -0.4 is 10.5 Å². The molecule has 7 heteroatoms. The molecule has 1 aliphatic heterocycles. The third-order valence-corrected chi connectivity index (χ3v) is 6.21. The van der Waals surface area contributed by atoms with Gasteiger partial charge >= 0.3 is 0 Å². The fourth-order valence-electron chi connectivity index (χ4n) is 3.61. The van der Waals surface area contributed by atoms with Gasteiger partial charge in [0.25, 0.3) is 5.56 Å². The summed E-state index contributed by atoms with van der Waals surface area (Å²) in [5.41, 5.74) is 2.70. The molecular formula is C22H23N3O3S. The van der Waals surface area contributed by atoms with Crippen LogP contribution in [0.1, 0.15) is 12.5 Å². The van der Waals surface area contributed by atoms with Crippen LogP contribution in [0.5, 0.6) is 0 Å². The van der Waals surface area contributed by atoms with Gasteiger partial charge in [0.05, 0.1) is 29.3 Å². The Morgan fingerprint density at radius 1 is 1.21 bits per heavy atom. The van der Waals surface area contributed by atoms with Crippen LogP contribution in [0.2, 0.25) is 0 Å². The van der Waals surface area contributed by atoms with Gasteiger partial charge in [0.15, 0.2) is 5.16 Å². The standard InChI is InChI=1S/C22H23N3O3S/c1-15(20(26)24-12-11-16-7-3-6-10-19(16)24)29-22-23-18-9-5-4-8-17(18)21(27)25(22)13-14-28-2/h3-10,15H,11-14H2,1-2H3/t15-/m0/s1. The highest BCUT2D eigenvalue weighted by atomic mass is 32.2. The van der Waals surface area contributed by atoms with Gasteiger partial charge in [-0.2, -0.15) is 0 Å². The van der Waals surface area contributed by atoms with Gasteiger partial charge < -0.3 is 9.64 Å². The van der Waals surface area contributed by atoms with Crippen LogP contribution in [-0.2, 0) is 22.5 Å². The van der Waals surface area contributed by atoms with Crippen LogP contribution >= 0.6 is 11.8 Å². The summed E-state index contributed by atoms with van der Waals surface area (Å²) in [6.07, 6.45) is 0.867. The number of anilines is 1. The number of thioether (sulfide) groups is 1. The van der Waals surface area contributed by atoms with E-state index in [-0.39, 0.29) is 16.7 Å². The molecule has 1 amide bonds. The van der Waals surface area contributed by atoms with Gasteiger partial charge in [-0.1, -0.05) is 42.1 Å². The van der Waals surface area contributed by atoms with Crippen molar-refractivity contribution >= 4 is 34.3 Å². The molecule has 1 aliphatic rings. The maximum atomic E-state index is 13.2. The van der Waals surface area contributed by atoms with E-state index in [4.69, 9.17) is 4.74 Å². The smallest absolute Gasteiger partial charge is 0.262 e. The molecule has 0 spiro atoms. The molecule has 150 valence electrons. The number of carbonyl (C=O) groups excluding carboxylic acids is 1. The van der Waals surface area contributed by atoms with Gasteiger partial charge in [0.2, 0.25) is 5.91 Å². The molecule has 4 rings (SSSR count). The van der Waals surface area contributed by atoms with Crippen LogP contribution in [0.3, 0.4) is 0 Å². The topological polar surface area (TPSA) is 64.4 Å². The molecule has 0 saturated heterocycles. The third kappa shape index (κ3) is 3.80. The second-order valence-corrected chi connectivity index (χ2v) is 8.30. The van der Waals surface area contributed by atoms with Crippen LogP contribution in [0.15, 0.2) is 58.5 Å². The highest BCUT2D eigenvalue weighted by molar-refractivity contribution is 8.00. The van der Waals surface area contributed by atoms with Crippen LogP contribution in [0.4, 0.5) is 5.69 Å². The summed E-state index contributed by atoms with van der Waals surface area (Å²) in [5.74, 6) is 0.0284. The number of methoxy groups -OCH3 is 1. The molecule has 6 nitrogen and oxygen atoms in total. The Morgan fingerprint density at radius 3 is 2.79 bits per heavy atom. The number of benzene rings is 2. The molecule has 2 heterocycles. The minimum Gasteiger partial charge on any atom is -0.383 e. The number of fused-ring (bicyclic) bond motifs is 2. The molecule has 0 N–H and O–H groups in total. The van der Waals surface area contributed by atoms with E-state index in [0.717, 1.165) is 12.1 Å². The van der Waals surface area contributed by atoms with E-state index in [1.807, 2.05) is 48.2 Å². The van der Waals surface area contributed by atoms with E-state index in [2.05, 4.69) is 11.1 Å². The normalized spacial score (nSPS) is 14.2. The summed E-state index contributed by atoms with van der Waals surface area (Å²) in [6, 6.07) is 15.3. The monoisotopic (exact) mass is 409 g/mol. The molecule has 3 aromatic rings. The van der Waals surface area contributed by atoms with E-state index >= 15 is 0 Å². The Hall–Kier alpha value is -2.64. The number of ether oxygens (including phenoxy) is 1. The summed E-state index contributed by atoms with van der Waals surface area (Å²) in [5, 5.41) is 0.738. The first-order chi connectivity index (χ1) is 14.1. The van der Waals surface area contributed by atoms with Gasteiger partial charge in [-0.25, -0.2) is 4.98 Å². The first-order valence-corrected chi connectivity index (χ1v) is 10.5. The Labute approximate surface area is 173 Å². The minimum absolute atomic E-state index is 0.0284. The van der Waals surface area contributed by atoms with Gasteiger partial charge in [-0.15, -0.1) is 0 Å².